The molecule has 1 aromatic rings. The summed E-state index contributed by atoms with van der Waals surface area (Å²) in [5.74, 6) is -2.77. The van der Waals surface area contributed by atoms with Gasteiger partial charge in [0.15, 0.2) is 0 Å². The summed E-state index contributed by atoms with van der Waals surface area (Å²) >= 11 is 0. The molecule has 1 atom stereocenters. The predicted octanol–water partition coefficient (Wildman–Crippen LogP) is 2.28. The number of carbonyl (C=O) groups is 1. The first-order valence-corrected chi connectivity index (χ1v) is 8.58. The third kappa shape index (κ3) is 5.63. The summed E-state index contributed by atoms with van der Waals surface area (Å²) < 4.78 is 90.0. The first kappa shape index (κ1) is 23.2. The Labute approximate surface area is 174 Å². The third-order valence-electron chi connectivity index (χ3n) is 4.04. The number of benzene rings is 1. The van der Waals surface area contributed by atoms with E-state index >= 15 is 0 Å². The maximum Gasteiger partial charge on any atom is 0.573 e. The van der Waals surface area contributed by atoms with Crippen LogP contribution in [0.4, 0.5) is 26.3 Å². The van der Waals surface area contributed by atoms with Crippen molar-refractivity contribution >= 4 is 12.0 Å². The monoisotopic (exact) mass is 473 g/mol. The zero-order valence-electron chi connectivity index (χ0n) is 15.6. The fourth-order valence-corrected chi connectivity index (χ4v) is 2.65. The van der Waals surface area contributed by atoms with Crippen LogP contribution in [0.2, 0.25) is 0 Å². The highest BCUT2D eigenvalue weighted by molar-refractivity contribution is 5.96. The topological polar surface area (TPSA) is 116 Å². The van der Waals surface area contributed by atoms with Crippen molar-refractivity contribution in [3.05, 3.63) is 34.5 Å². The van der Waals surface area contributed by atoms with E-state index < -0.39 is 54.6 Å². The molecule has 10 nitrogen and oxygen atoms in total. The third-order valence-corrected chi connectivity index (χ3v) is 4.04. The Morgan fingerprint density at radius 3 is 2.56 bits per heavy atom. The van der Waals surface area contributed by atoms with Gasteiger partial charge in [0.05, 0.1) is 10.5 Å². The maximum atomic E-state index is 13.3. The number of esters is 1. The van der Waals surface area contributed by atoms with Crippen molar-refractivity contribution in [1.29, 1.82) is 0 Å². The Kier molecular flexibility index (Phi) is 6.25. The summed E-state index contributed by atoms with van der Waals surface area (Å²) in [5.41, 5.74) is -1.38. The highest BCUT2D eigenvalue weighted by Gasteiger charge is 2.49. The zero-order valence-corrected chi connectivity index (χ0v) is 15.6. The minimum Gasteiger partial charge on any atom is -0.569 e. The normalized spacial score (nSPS) is 19.3. The van der Waals surface area contributed by atoms with E-state index in [4.69, 9.17) is 9.84 Å². The first-order valence-electron chi connectivity index (χ1n) is 8.58. The van der Waals surface area contributed by atoms with Gasteiger partial charge in [-0.15, -0.1) is 18.2 Å². The van der Waals surface area contributed by atoms with Crippen LogP contribution in [0, 0.1) is 5.21 Å². The number of alkyl halides is 6. The molecule has 1 fully saturated rings. The molecule has 32 heavy (non-hydrogen) atoms. The van der Waals surface area contributed by atoms with Crippen LogP contribution >= 0.6 is 0 Å². The van der Waals surface area contributed by atoms with Gasteiger partial charge < -0.3 is 29.4 Å². The molecular weight excluding hydrogens is 460 g/mol. The molecule has 0 aromatic heterocycles. The molecule has 176 valence electrons. The average Bonchev–Trinajstić information content (AvgIpc) is 2.65. The molecule has 3 rings (SSSR count). The number of fused-ring (bicyclic) bond motifs is 1. The minimum atomic E-state index is -5.07. The van der Waals surface area contributed by atoms with Crippen molar-refractivity contribution in [2.45, 2.75) is 24.7 Å². The second kappa shape index (κ2) is 8.60. The van der Waals surface area contributed by atoms with E-state index in [1.165, 1.54) is 0 Å². The van der Waals surface area contributed by atoms with Crippen molar-refractivity contribution in [3.8, 4) is 11.5 Å². The van der Waals surface area contributed by atoms with Crippen LogP contribution in [0.15, 0.2) is 29.0 Å². The molecule has 1 unspecified atom stereocenters. The molecule has 0 radical (unpaired) electrons. The van der Waals surface area contributed by atoms with E-state index in [0.29, 0.717) is 6.08 Å². The molecule has 16 heteroatoms. The van der Waals surface area contributed by atoms with Crippen molar-refractivity contribution in [2.75, 3.05) is 19.9 Å². The standard InChI is InChI=1S/C16H13F6N3O7/c17-15(18,19)13-11(14(27)29-7-30-23-25(28)24-5-9(26)6-24)4-8-3-10(32-16(20,21)22)1-2-12(8)31-13/h1-4,9,13,26H,5-7H2. The Bertz CT molecular complexity index is 928. The Morgan fingerprint density at radius 2 is 1.97 bits per heavy atom. The van der Waals surface area contributed by atoms with Crippen LogP contribution < -0.4 is 9.47 Å². The molecule has 1 aromatic carbocycles. The SMILES string of the molecule is O=C(OCON=[N+]([O-])N1CC(O)C1)C1=Cc2cc(OC(F)(F)F)ccc2OC1C(F)(F)F. The summed E-state index contributed by atoms with van der Waals surface area (Å²) in [7, 11) is 0. The fourth-order valence-electron chi connectivity index (χ4n) is 2.65. The quantitative estimate of drug-likeness (QED) is 0.127. The predicted molar refractivity (Wildman–Crippen MR) is 87.3 cm³/mol. The number of hydrogen-bond donors (Lipinski definition) is 1. The molecular formula is C16H13F6N3O7. The molecule has 0 bridgehead atoms. The summed E-state index contributed by atoms with van der Waals surface area (Å²) in [6.07, 6.45) is -13.0. The minimum absolute atomic E-state index is 0.0207. The van der Waals surface area contributed by atoms with Crippen LogP contribution in [0.1, 0.15) is 5.56 Å². The van der Waals surface area contributed by atoms with E-state index in [9.17, 15) is 36.3 Å². The summed E-state index contributed by atoms with van der Waals surface area (Å²) in [4.78, 5) is 16.5. The Balaban J connectivity index is 1.72. The van der Waals surface area contributed by atoms with Gasteiger partial charge in [0.2, 0.25) is 11.4 Å². The number of halogens is 6. The molecule has 0 saturated carbocycles. The van der Waals surface area contributed by atoms with Crippen LogP contribution in [-0.2, 0) is 14.4 Å². The Morgan fingerprint density at radius 1 is 1.28 bits per heavy atom. The van der Waals surface area contributed by atoms with Crippen molar-refractivity contribution in [2.24, 2.45) is 5.28 Å². The van der Waals surface area contributed by atoms with E-state index in [0.717, 1.165) is 23.2 Å². The van der Waals surface area contributed by atoms with Crippen molar-refractivity contribution in [1.82, 2.24) is 5.01 Å². The van der Waals surface area contributed by atoms with Crippen LogP contribution in [-0.4, -0.2) is 65.7 Å². The number of rotatable bonds is 6. The summed E-state index contributed by atoms with van der Waals surface area (Å²) in [6, 6.07) is 2.30. The second-order valence-electron chi connectivity index (χ2n) is 6.43. The Hall–Kier alpha value is -3.43. The van der Waals surface area contributed by atoms with E-state index in [2.05, 4.69) is 19.6 Å². The lowest BCUT2D eigenvalue weighted by molar-refractivity contribution is -0.727. The highest BCUT2D eigenvalue weighted by atomic mass is 19.4. The number of carbonyl (C=O) groups excluding carboxylic acids is 1. The number of aliphatic hydroxyl groups is 1. The summed E-state index contributed by atoms with van der Waals surface area (Å²) in [5, 5.41) is 24.4. The molecule has 2 aliphatic rings. The largest absolute Gasteiger partial charge is 0.573 e. The highest BCUT2D eigenvalue weighted by Crippen LogP contribution is 2.39. The number of aliphatic hydroxyl groups excluding tert-OH is 1. The van der Waals surface area contributed by atoms with Crippen molar-refractivity contribution < 1.29 is 60.3 Å². The second-order valence-corrected chi connectivity index (χ2v) is 6.43. The van der Waals surface area contributed by atoms with Gasteiger partial charge in [-0.2, -0.15) is 13.2 Å². The zero-order chi connectivity index (χ0) is 23.7. The van der Waals surface area contributed by atoms with Gasteiger partial charge in [-0.25, -0.2) is 4.79 Å². The number of β-amino-alcohol motifs (C(OH)–C–C–N with tert-alkyl or cyclic N) is 1. The van der Waals surface area contributed by atoms with Crippen LogP contribution in [0.3, 0.4) is 0 Å². The van der Waals surface area contributed by atoms with Crippen molar-refractivity contribution in [3.63, 3.8) is 0 Å². The lowest BCUT2D eigenvalue weighted by Gasteiger charge is -2.30. The number of hydrazine groups is 1. The van der Waals surface area contributed by atoms with E-state index in [-0.39, 0.29) is 23.6 Å². The molecule has 2 heterocycles. The lowest BCUT2D eigenvalue weighted by atomic mass is 10.0. The van der Waals surface area contributed by atoms with Gasteiger partial charge in [-0.1, -0.05) is 0 Å². The van der Waals surface area contributed by atoms with Gasteiger partial charge in [-0.3, -0.25) is 0 Å². The van der Waals surface area contributed by atoms with Gasteiger partial charge in [0, 0.05) is 5.56 Å². The molecule has 0 aliphatic carbocycles. The average molecular weight is 473 g/mol. The van der Waals surface area contributed by atoms with Crippen LogP contribution in [0.5, 0.6) is 11.5 Å². The first-order chi connectivity index (χ1) is 14.8. The maximum absolute atomic E-state index is 13.3. The number of nitrogens with zero attached hydrogens (tertiary/aromatic N) is 3. The molecule has 1 saturated heterocycles. The van der Waals surface area contributed by atoms with Gasteiger partial charge in [-0.05, 0) is 24.3 Å². The number of ether oxygens (including phenoxy) is 3. The number of hydrogen-bond acceptors (Lipinski definition) is 8. The van der Waals surface area contributed by atoms with Gasteiger partial charge in [0.1, 0.15) is 30.7 Å². The van der Waals surface area contributed by atoms with Gasteiger partial charge in [0.25, 0.3) is 6.79 Å². The molecule has 0 amide bonds. The smallest absolute Gasteiger partial charge is 0.569 e. The molecule has 1 N–H and O–H groups in total. The molecule has 2 aliphatic heterocycles. The van der Waals surface area contributed by atoms with E-state index in [1.807, 2.05) is 0 Å². The summed E-state index contributed by atoms with van der Waals surface area (Å²) in [6.45, 7) is -1.10. The van der Waals surface area contributed by atoms with Gasteiger partial charge >= 0.3 is 18.5 Å². The lowest BCUT2D eigenvalue weighted by Crippen LogP contribution is -2.53. The van der Waals surface area contributed by atoms with E-state index in [1.54, 1.807) is 0 Å². The van der Waals surface area contributed by atoms with Crippen LogP contribution in [0.25, 0.3) is 6.08 Å². The fraction of sp³-hybridized carbons (Fsp3) is 0.438. The molecule has 0 spiro atoms.